The lowest BCUT2D eigenvalue weighted by atomic mass is 10.0. The molecule has 1 fully saturated rings. The van der Waals surface area contributed by atoms with Crippen LogP contribution in [0.25, 0.3) is 0 Å². The van der Waals surface area contributed by atoms with Gasteiger partial charge >= 0.3 is 0 Å². The quantitative estimate of drug-likeness (QED) is 0.834. The van der Waals surface area contributed by atoms with Crippen LogP contribution in [0, 0.1) is 6.92 Å². The first-order valence-corrected chi connectivity index (χ1v) is 7.28. The Bertz CT molecular complexity index is 481. The van der Waals surface area contributed by atoms with Crippen molar-refractivity contribution in [2.45, 2.75) is 58.2 Å². The smallest absolute Gasteiger partial charge is 0.260 e. The van der Waals surface area contributed by atoms with Crippen molar-refractivity contribution in [2.24, 2.45) is 5.73 Å². The van der Waals surface area contributed by atoms with E-state index in [4.69, 9.17) is 10.5 Å². The third kappa shape index (κ3) is 3.97. The summed E-state index contributed by atoms with van der Waals surface area (Å²) in [6, 6.07) is 6.42. The minimum atomic E-state index is -0.483. The van der Waals surface area contributed by atoms with E-state index in [9.17, 15) is 4.79 Å². The molecule has 0 heterocycles. The molecular formula is C16H24N2O2. The third-order valence-corrected chi connectivity index (χ3v) is 3.42. The maximum absolute atomic E-state index is 12.0. The van der Waals surface area contributed by atoms with Gasteiger partial charge in [0.15, 0.2) is 6.10 Å². The van der Waals surface area contributed by atoms with Crippen LogP contribution in [0.3, 0.4) is 0 Å². The molecule has 4 heteroatoms. The maximum Gasteiger partial charge on any atom is 0.260 e. The Kier molecular flexibility index (Phi) is 4.65. The number of aryl methyl sites for hydroxylation is 1. The Morgan fingerprint density at radius 1 is 1.45 bits per heavy atom. The Hall–Kier alpha value is -1.55. The largest absolute Gasteiger partial charge is 0.480 e. The monoisotopic (exact) mass is 276 g/mol. The Morgan fingerprint density at radius 2 is 2.15 bits per heavy atom. The van der Waals surface area contributed by atoms with E-state index in [0.717, 1.165) is 36.1 Å². The van der Waals surface area contributed by atoms with Crippen molar-refractivity contribution in [3.63, 3.8) is 0 Å². The van der Waals surface area contributed by atoms with Crippen molar-refractivity contribution in [2.75, 3.05) is 0 Å². The van der Waals surface area contributed by atoms with E-state index < -0.39 is 6.10 Å². The van der Waals surface area contributed by atoms with Gasteiger partial charge in [-0.05, 0) is 51.2 Å². The molecule has 0 aromatic heterocycles. The lowest BCUT2D eigenvalue weighted by Crippen LogP contribution is -2.37. The van der Waals surface area contributed by atoms with E-state index in [0.29, 0.717) is 6.04 Å². The van der Waals surface area contributed by atoms with Crippen LogP contribution in [-0.4, -0.2) is 24.1 Å². The van der Waals surface area contributed by atoms with Gasteiger partial charge in [0, 0.05) is 12.1 Å². The summed E-state index contributed by atoms with van der Waals surface area (Å²) in [4.78, 5) is 12.0. The SMILES string of the molecule is Cc1cccc(CC(C)N)c1OC(C)C(=O)NC1CC1. The van der Waals surface area contributed by atoms with Gasteiger partial charge in [-0.1, -0.05) is 18.2 Å². The topological polar surface area (TPSA) is 64.3 Å². The molecule has 20 heavy (non-hydrogen) atoms. The van der Waals surface area contributed by atoms with Gasteiger partial charge in [-0.25, -0.2) is 0 Å². The van der Waals surface area contributed by atoms with Gasteiger partial charge in [0.05, 0.1) is 0 Å². The molecule has 1 aromatic rings. The molecule has 0 spiro atoms. The van der Waals surface area contributed by atoms with E-state index in [1.54, 1.807) is 6.92 Å². The Balaban J connectivity index is 2.08. The number of para-hydroxylation sites is 1. The minimum absolute atomic E-state index is 0.0394. The predicted molar refractivity (Wildman–Crippen MR) is 79.8 cm³/mol. The zero-order valence-electron chi connectivity index (χ0n) is 12.5. The summed E-state index contributed by atoms with van der Waals surface area (Å²) in [5, 5.41) is 2.96. The molecule has 1 amide bonds. The van der Waals surface area contributed by atoms with Crippen LogP contribution in [0.4, 0.5) is 0 Å². The third-order valence-electron chi connectivity index (χ3n) is 3.42. The van der Waals surface area contributed by atoms with Crippen LogP contribution in [0.1, 0.15) is 37.8 Å². The van der Waals surface area contributed by atoms with Crippen LogP contribution in [-0.2, 0) is 11.2 Å². The predicted octanol–water partition coefficient (Wildman–Crippen LogP) is 1.93. The number of carbonyl (C=O) groups excluding carboxylic acids is 1. The molecule has 2 unspecified atom stereocenters. The highest BCUT2D eigenvalue weighted by molar-refractivity contribution is 5.81. The number of nitrogens with one attached hydrogen (secondary N) is 1. The molecule has 1 aliphatic carbocycles. The van der Waals surface area contributed by atoms with Gasteiger partial charge < -0.3 is 15.8 Å². The number of hydrogen-bond acceptors (Lipinski definition) is 3. The van der Waals surface area contributed by atoms with Gasteiger partial charge in [0.1, 0.15) is 5.75 Å². The molecule has 2 rings (SSSR count). The second-order valence-electron chi connectivity index (χ2n) is 5.79. The van der Waals surface area contributed by atoms with Crippen LogP contribution in [0.15, 0.2) is 18.2 Å². The molecule has 1 saturated carbocycles. The summed E-state index contributed by atoms with van der Waals surface area (Å²) >= 11 is 0. The lowest BCUT2D eigenvalue weighted by Gasteiger charge is -2.19. The van der Waals surface area contributed by atoms with Crippen LogP contribution in [0.2, 0.25) is 0 Å². The number of rotatable bonds is 6. The van der Waals surface area contributed by atoms with E-state index in [2.05, 4.69) is 5.32 Å². The molecule has 1 aromatic carbocycles. The zero-order chi connectivity index (χ0) is 14.7. The summed E-state index contributed by atoms with van der Waals surface area (Å²) < 4.78 is 5.90. The fraction of sp³-hybridized carbons (Fsp3) is 0.562. The molecule has 4 nitrogen and oxygen atoms in total. The van der Waals surface area contributed by atoms with Crippen molar-refractivity contribution >= 4 is 5.91 Å². The fourth-order valence-corrected chi connectivity index (χ4v) is 2.17. The maximum atomic E-state index is 12.0. The first-order valence-electron chi connectivity index (χ1n) is 7.28. The van der Waals surface area contributed by atoms with Gasteiger partial charge in [0.2, 0.25) is 0 Å². The average molecular weight is 276 g/mol. The van der Waals surface area contributed by atoms with E-state index in [1.807, 2.05) is 32.0 Å². The number of ether oxygens (including phenoxy) is 1. The van der Waals surface area contributed by atoms with Gasteiger partial charge in [-0.2, -0.15) is 0 Å². The highest BCUT2D eigenvalue weighted by Gasteiger charge is 2.26. The van der Waals surface area contributed by atoms with Gasteiger partial charge in [-0.15, -0.1) is 0 Å². The van der Waals surface area contributed by atoms with Crippen LogP contribution >= 0.6 is 0 Å². The van der Waals surface area contributed by atoms with Crippen molar-refractivity contribution in [3.05, 3.63) is 29.3 Å². The normalized spacial score (nSPS) is 17.4. The first-order chi connectivity index (χ1) is 9.47. The highest BCUT2D eigenvalue weighted by atomic mass is 16.5. The summed E-state index contributed by atoms with van der Waals surface area (Å²) in [6.07, 6.45) is 2.43. The summed E-state index contributed by atoms with van der Waals surface area (Å²) in [5.74, 6) is 0.755. The van der Waals surface area contributed by atoms with E-state index in [1.165, 1.54) is 0 Å². The van der Waals surface area contributed by atoms with Gasteiger partial charge in [-0.3, -0.25) is 4.79 Å². The first kappa shape index (κ1) is 14.9. The van der Waals surface area contributed by atoms with Crippen LogP contribution in [0.5, 0.6) is 5.75 Å². The Labute approximate surface area is 120 Å². The number of nitrogens with two attached hydrogens (primary N) is 1. The highest BCUT2D eigenvalue weighted by Crippen LogP contribution is 2.26. The molecule has 0 bridgehead atoms. The summed E-state index contributed by atoms with van der Waals surface area (Å²) in [7, 11) is 0. The molecule has 1 aliphatic rings. The van der Waals surface area contributed by atoms with Crippen molar-refractivity contribution < 1.29 is 9.53 Å². The number of carbonyl (C=O) groups is 1. The minimum Gasteiger partial charge on any atom is -0.480 e. The molecule has 0 radical (unpaired) electrons. The van der Waals surface area contributed by atoms with Crippen molar-refractivity contribution in [1.29, 1.82) is 0 Å². The van der Waals surface area contributed by atoms with Crippen molar-refractivity contribution in [1.82, 2.24) is 5.32 Å². The number of amides is 1. The molecule has 3 N–H and O–H groups in total. The second kappa shape index (κ2) is 6.27. The fourth-order valence-electron chi connectivity index (χ4n) is 2.17. The lowest BCUT2D eigenvalue weighted by molar-refractivity contribution is -0.127. The molecule has 2 atom stereocenters. The molecule has 0 aliphatic heterocycles. The number of benzene rings is 1. The van der Waals surface area contributed by atoms with E-state index in [-0.39, 0.29) is 11.9 Å². The summed E-state index contributed by atoms with van der Waals surface area (Å²) in [6.45, 7) is 5.75. The second-order valence-corrected chi connectivity index (χ2v) is 5.79. The molecule has 110 valence electrons. The van der Waals surface area contributed by atoms with Gasteiger partial charge in [0.25, 0.3) is 5.91 Å². The summed E-state index contributed by atoms with van der Waals surface area (Å²) in [5.41, 5.74) is 7.97. The van der Waals surface area contributed by atoms with Crippen LogP contribution < -0.4 is 15.8 Å². The van der Waals surface area contributed by atoms with Crippen molar-refractivity contribution in [3.8, 4) is 5.75 Å². The average Bonchev–Trinajstić information content (AvgIpc) is 3.16. The zero-order valence-corrected chi connectivity index (χ0v) is 12.5. The molecule has 0 saturated heterocycles. The molecular weight excluding hydrogens is 252 g/mol. The van der Waals surface area contributed by atoms with E-state index >= 15 is 0 Å². The Morgan fingerprint density at radius 3 is 2.75 bits per heavy atom. The standard InChI is InChI=1S/C16H24N2O2/c1-10-5-4-6-13(9-11(2)17)15(10)20-12(3)16(19)18-14-7-8-14/h4-6,11-12,14H,7-9,17H2,1-3H3,(H,18,19). The number of hydrogen-bond donors (Lipinski definition) is 2.